The second-order valence-electron chi connectivity index (χ2n) is 5.79. The fraction of sp³-hybridized carbons (Fsp3) is 0.786. The molecule has 3 rings (SSSR count). The van der Waals surface area contributed by atoms with Crippen molar-refractivity contribution in [1.82, 2.24) is 20.0 Å². The van der Waals surface area contributed by atoms with Crippen LogP contribution in [-0.4, -0.2) is 47.0 Å². The number of ether oxygens (including phenoxy) is 1. The van der Waals surface area contributed by atoms with Crippen LogP contribution in [0.1, 0.15) is 30.5 Å². The van der Waals surface area contributed by atoms with E-state index in [-0.39, 0.29) is 0 Å². The lowest BCUT2D eigenvalue weighted by Crippen LogP contribution is -2.33. The molecule has 0 radical (unpaired) electrons. The maximum atomic E-state index is 5.43. The molecule has 0 amide bonds. The van der Waals surface area contributed by atoms with E-state index in [0.717, 1.165) is 24.2 Å². The maximum absolute atomic E-state index is 5.43. The Morgan fingerprint density at radius 3 is 2.84 bits per heavy atom. The summed E-state index contributed by atoms with van der Waals surface area (Å²) in [6.45, 7) is 5.36. The third kappa shape index (κ3) is 2.62. The van der Waals surface area contributed by atoms with E-state index in [1.165, 1.54) is 37.9 Å². The van der Waals surface area contributed by atoms with Crippen LogP contribution in [0.5, 0.6) is 5.88 Å². The Balaban J connectivity index is 1.57. The molecule has 0 aromatic carbocycles. The molecule has 1 atom stereocenters. The predicted octanol–water partition coefficient (Wildman–Crippen LogP) is 1.06. The number of likely N-dealkylation sites (tertiary alicyclic amines) is 1. The van der Waals surface area contributed by atoms with Gasteiger partial charge >= 0.3 is 0 Å². The zero-order valence-corrected chi connectivity index (χ0v) is 12.1. The van der Waals surface area contributed by atoms with Gasteiger partial charge in [-0.2, -0.15) is 5.10 Å². The van der Waals surface area contributed by atoms with Crippen molar-refractivity contribution in [3.63, 3.8) is 0 Å². The van der Waals surface area contributed by atoms with Crippen molar-refractivity contribution in [3.8, 4) is 5.88 Å². The maximum Gasteiger partial charge on any atom is 0.216 e. The van der Waals surface area contributed by atoms with Crippen molar-refractivity contribution < 1.29 is 4.74 Å². The summed E-state index contributed by atoms with van der Waals surface area (Å²) >= 11 is 0. The van der Waals surface area contributed by atoms with Gasteiger partial charge in [-0.3, -0.25) is 4.90 Å². The van der Waals surface area contributed by atoms with Crippen LogP contribution < -0.4 is 10.1 Å². The molecular weight excluding hydrogens is 240 g/mol. The van der Waals surface area contributed by atoms with Crippen LogP contribution >= 0.6 is 0 Å². The molecule has 1 saturated heterocycles. The number of aromatic nitrogens is 2. The first-order valence-electron chi connectivity index (χ1n) is 7.23. The Hall–Kier alpha value is -1.07. The molecule has 5 heteroatoms. The number of hydrogen-bond acceptors (Lipinski definition) is 4. The van der Waals surface area contributed by atoms with Crippen LogP contribution in [0.15, 0.2) is 0 Å². The lowest BCUT2D eigenvalue weighted by molar-refractivity contribution is 0.316. The first kappa shape index (κ1) is 12.9. The van der Waals surface area contributed by atoms with Crippen LogP contribution in [0.25, 0.3) is 0 Å². The highest BCUT2D eigenvalue weighted by Crippen LogP contribution is 2.30. The fourth-order valence-electron chi connectivity index (χ4n) is 3.11. The Bertz CT molecular complexity index is 453. The zero-order chi connectivity index (χ0) is 13.4. The largest absolute Gasteiger partial charge is 0.481 e. The standard InChI is InChI=1S/C14H24N4O/c1-10-13(14(19-3)17(2)16-10)8-15-11-6-7-18(9-11)12-4-5-12/h11-12,15H,4-9H2,1-3H3. The third-order valence-electron chi connectivity index (χ3n) is 4.33. The minimum absolute atomic E-state index is 0.616. The molecule has 2 aliphatic rings. The quantitative estimate of drug-likeness (QED) is 0.863. The summed E-state index contributed by atoms with van der Waals surface area (Å²) in [5, 5.41) is 8.09. The molecule has 1 saturated carbocycles. The van der Waals surface area contributed by atoms with Gasteiger partial charge in [-0.1, -0.05) is 0 Å². The molecule has 0 spiro atoms. The van der Waals surface area contributed by atoms with Crippen LogP contribution in [0, 0.1) is 6.92 Å². The van der Waals surface area contributed by atoms with Gasteiger partial charge in [0.25, 0.3) is 0 Å². The van der Waals surface area contributed by atoms with Gasteiger partial charge in [0, 0.05) is 38.8 Å². The normalized spacial score (nSPS) is 24.1. The Morgan fingerprint density at radius 1 is 1.37 bits per heavy atom. The lowest BCUT2D eigenvalue weighted by Gasteiger charge is -2.16. The van der Waals surface area contributed by atoms with E-state index in [0.29, 0.717) is 6.04 Å². The van der Waals surface area contributed by atoms with Crippen molar-refractivity contribution in [2.75, 3.05) is 20.2 Å². The first-order valence-corrected chi connectivity index (χ1v) is 7.23. The minimum Gasteiger partial charge on any atom is -0.481 e. The highest BCUT2D eigenvalue weighted by molar-refractivity contribution is 5.30. The van der Waals surface area contributed by atoms with Crippen molar-refractivity contribution >= 4 is 0 Å². The summed E-state index contributed by atoms with van der Waals surface area (Å²) in [4.78, 5) is 2.63. The van der Waals surface area contributed by atoms with E-state index in [1.54, 1.807) is 7.11 Å². The molecule has 1 aromatic rings. The summed E-state index contributed by atoms with van der Waals surface area (Å²) in [6.07, 6.45) is 4.07. The molecule has 2 fully saturated rings. The van der Waals surface area contributed by atoms with Gasteiger partial charge in [0.2, 0.25) is 5.88 Å². The molecule has 0 bridgehead atoms. The number of methoxy groups -OCH3 is 1. The lowest BCUT2D eigenvalue weighted by atomic mass is 10.2. The average Bonchev–Trinajstić information content (AvgIpc) is 3.06. The van der Waals surface area contributed by atoms with Gasteiger partial charge in [-0.25, -0.2) is 4.68 Å². The number of nitrogens with one attached hydrogen (secondary N) is 1. The molecule has 1 unspecified atom stereocenters. The van der Waals surface area contributed by atoms with E-state index < -0.39 is 0 Å². The molecule has 1 N–H and O–H groups in total. The molecule has 1 aliphatic heterocycles. The number of nitrogens with zero attached hydrogens (tertiary/aromatic N) is 3. The summed E-state index contributed by atoms with van der Waals surface area (Å²) in [7, 11) is 3.64. The van der Waals surface area contributed by atoms with Gasteiger partial charge in [0.1, 0.15) is 0 Å². The van der Waals surface area contributed by atoms with Gasteiger partial charge in [-0.05, 0) is 26.2 Å². The summed E-state index contributed by atoms with van der Waals surface area (Å²) in [5.41, 5.74) is 2.25. The molecule has 19 heavy (non-hydrogen) atoms. The van der Waals surface area contributed by atoms with Gasteiger partial charge in [0.05, 0.1) is 18.4 Å². The van der Waals surface area contributed by atoms with Gasteiger partial charge in [-0.15, -0.1) is 0 Å². The topological polar surface area (TPSA) is 42.3 Å². The number of aryl methyl sites for hydroxylation is 2. The molecule has 1 aromatic heterocycles. The highest BCUT2D eigenvalue weighted by Gasteiger charge is 2.34. The van der Waals surface area contributed by atoms with E-state index >= 15 is 0 Å². The molecule has 1 aliphatic carbocycles. The first-order chi connectivity index (χ1) is 9.19. The van der Waals surface area contributed by atoms with E-state index in [2.05, 4.69) is 15.3 Å². The molecule has 2 heterocycles. The average molecular weight is 264 g/mol. The zero-order valence-electron chi connectivity index (χ0n) is 12.1. The van der Waals surface area contributed by atoms with E-state index in [1.807, 2.05) is 18.7 Å². The fourth-order valence-corrected chi connectivity index (χ4v) is 3.11. The number of hydrogen-bond donors (Lipinski definition) is 1. The second-order valence-corrected chi connectivity index (χ2v) is 5.79. The third-order valence-corrected chi connectivity index (χ3v) is 4.33. The minimum atomic E-state index is 0.616. The van der Waals surface area contributed by atoms with Crippen LogP contribution in [0.2, 0.25) is 0 Å². The Labute approximate surface area is 114 Å². The van der Waals surface area contributed by atoms with Crippen molar-refractivity contribution in [3.05, 3.63) is 11.3 Å². The summed E-state index contributed by atoms with van der Waals surface area (Å²) in [5.74, 6) is 0.877. The van der Waals surface area contributed by atoms with E-state index in [9.17, 15) is 0 Å². The van der Waals surface area contributed by atoms with Crippen LogP contribution in [0.4, 0.5) is 0 Å². The molecule has 5 nitrogen and oxygen atoms in total. The van der Waals surface area contributed by atoms with Gasteiger partial charge < -0.3 is 10.1 Å². The molecule has 106 valence electrons. The Kier molecular flexibility index (Phi) is 3.50. The SMILES string of the molecule is COc1c(CNC2CCN(C3CC3)C2)c(C)nn1C. The number of rotatable bonds is 5. The van der Waals surface area contributed by atoms with Gasteiger partial charge in [0.15, 0.2) is 0 Å². The Morgan fingerprint density at radius 2 is 2.16 bits per heavy atom. The summed E-state index contributed by atoms with van der Waals surface area (Å²) in [6, 6.07) is 1.51. The van der Waals surface area contributed by atoms with Crippen LogP contribution in [-0.2, 0) is 13.6 Å². The van der Waals surface area contributed by atoms with Crippen molar-refractivity contribution in [2.24, 2.45) is 7.05 Å². The van der Waals surface area contributed by atoms with E-state index in [4.69, 9.17) is 4.74 Å². The second kappa shape index (κ2) is 5.13. The van der Waals surface area contributed by atoms with Crippen molar-refractivity contribution in [1.29, 1.82) is 0 Å². The smallest absolute Gasteiger partial charge is 0.216 e. The van der Waals surface area contributed by atoms with Crippen molar-refractivity contribution in [2.45, 2.75) is 44.8 Å². The van der Waals surface area contributed by atoms with Crippen LogP contribution in [0.3, 0.4) is 0 Å². The monoisotopic (exact) mass is 264 g/mol. The summed E-state index contributed by atoms with van der Waals surface area (Å²) < 4.78 is 7.25. The molecular formula is C14H24N4O. The predicted molar refractivity (Wildman–Crippen MR) is 74.3 cm³/mol. The highest BCUT2D eigenvalue weighted by atomic mass is 16.5.